The van der Waals surface area contributed by atoms with E-state index in [1.165, 1.54) is 16.7 Å². The predicted molar refractivity (Wildman–Crippen MR) is 105 cm³/mol. The van der Waals surface area contributed by atoms with E-state index in [0.29, 0.717) is 29.6 Å². The van der Waals surface area contributed by atoms with E-state index in [9.17, 15) is 9.18 Å². The van der Waals surface area contributed by atoms with Crippen LogP contribution in [0.4, 0.5) is 26.2 Å². The summed E-state index contributed by atoms with van der Waals surface area (Å²) >= 11 is 3.17. The van der Waals surface area contributed by atoms with Crippen LogP contribution in [0, 0.1) is 11.6 Å². The van der Waals surface area contributed by atoms with Crippen molar-refractivity contribution in [3.8, 4) is 11.5 Å². The van der Waals surface area contributed by atoms with Gasteiger partial charge in [0.15, 0.2) is 0 Å². The van der Waals surface area contributed by atoms with Crippen LogP contribution in [0.25, 0.3) is 11.5 Å². The van der Waals surface area contributed by atoms with Crippen LogP contribution < -0.4 is 16.2 Å². The van der Waals surface area contributed by atoms with E-state index in [4.69, 9.17) is 9.52 Å². The van der Waals surface area contributed by atoms with E-state index in [2.05, 4.69) is 36.8 Å². The second-order valence-electron chi connectivity index (χ2n) is 6.38. The number of aliphatic hydroxyl groups excluding tert-OH is 1. The van der Waals surface area contributed by atoms with Crippen molar-refractivity contribution in [3.05, 3.63) is 50.4 Å². The van der Waals surface area contributed by atoms with Crippen LogP contribution in [0.2, 0.25) is 0 Å². The highest BCUT2D eigenvalue weighted by atomic mass is 79.9. The molecule has 0 spiro atoms. The van der Waals surface area contributed by atoms with Gasteiger partial charge in [0.1, 0.15) is 5.82 Å². The summed E-state index contributed by atoms with van der Waals surface area (Å²) in [6.07, 6.45) is 1.16. The number of fused-ring (bicyclic) bond motifs is 1. The molecule has 0 unspecified atom stereocenters. The molecular formula is C18H16BrF2N5O3. The monoisotopic (exact) mass is 467 g/mol. The van der Waals surface area contributed by atoms with Gasteiger partial charge in [-0.3, -0.25) is 4.79 Å². The molecule has 3 heterocycles. The molecule has 0 fully saturated rings. The Kier molecular flexibility index (Phi) is 5.33. The van der Waals surface area contributed by atoms with Gasteiger partial charge in [-0.25, -0.2) is 4.39 Å². The zero-order chi connectivity index (χ0) is 20.5. The minimum atomic E-state index is -1.06. The first kappa shape index (κ1) is 19.5. The molecule has 8 nitrogen and oxygen atoms in total. The number of aromatic nitrogens is 3. The summed E-state index contributed by atoms with van der Waals surface area (Å²) in [4.78, 5) is 12.5. The van der Waals surface area contributed by atoms with E-state index in [0.717, 1.165) is 0 Å². The van der Waals surface area contributed by atoms with E-state index in [1.807, 2.05) is 0 Å². The third-order valence-corrected chi connectivity index (χ3v) is 5.02. The lowest BCUT2D eigenvalue weighted by molar-refractivity contribution is 0.309. The fraction of sp³-hybridized carbons (Fsp3) is 0.278. The lowest BCUT2D eigenvalue weighted by Gasteiger charge is -2.16. The third-order valence-electron chi connectivity index (χ3n) is 4.53. The number of nitrogens with zero attached hydrogens (tertiary/aromatic N) is 3. The highest BCUT2D eigenvalue weighted by molar-refractivity contribution is 9.10. The number of rotatable bonds is 6. The maximum atomic E-state index is 15.0. The normalized spacial score (nSPS) is 12.8. The Balaban J connectivity index is 1.87. The number of nitrogens with one attached hydrogen (secondary N) is 2. The van der Waals surface area contributed by atoms with Crippen LogP contribution in [0.5, 0.6) is 0 Å². The Labute approximate surface area is 171 Å². The average molecular weight is 468 g/mol. The smallest absolute Gasteiger partial charge is 0.315 e. The van der Waals surface area contributed by atoms with Crippen LogP contribution in [0.15, 0.2) is 31.9 Å². The molecule has 152 valence electrons. The van der Waals surface area contributed by atoms with Gasteiger partial charge in [-0.05, 0) is 31.0 Å². The number of benzene rings is 1. The number of hydrogen-bond donors (Lipinski definition) is 3. The number of hydrogen-bond acceptors (Lipinski definition) is 7. The summed E-state index contributed by atoms with van der Waals surface area (Å²) in [7, 11) is 0. The molecule has 0 bridgehead atoms. The summed E-state index contributed by atoms with van der Waals surface area (Å²) in [6, 6.07) is 4.28. The SMILES string of the molecule is O=c1c(F)c(Nc2ccc(Br)cc2F)c(-c2nnc(NCCO)o2)c2n1CCC2. The van der Waals surface area contributed by atoms with Gasteiger partial charge in [-0.2, -0.15) is 4.39 Å². The van der Waals surface area contributed by atoms with Gasteiger partial charge >= 0.3 is 6.01 Å². The molecule has 1 aliphatic rings. The molecule has 4 rings (SSSR count). The summed E-state index contributed by atoms with van der Waals surface area (Å²) in [5, 5.41) is 22.1. The van der Waals surface area contributed by atoms with Crippen molar-refractivity contribution < 1.29 is 18.3 Å². The fourth-order valence-electron chi connectivity index (χ4n) is 3.27. The first-order valence-electron chi connectivity index (χ1n) is 8.85. The number of anilines is 3. The van der Waals surface area contributed by atoms with Gasteiger partial charge in [-0.1, -0.05) is 21.0 Å². The van der Waals surface area contributed by atoms with Gasteiger partial charge < -0.3 is 24.7 Å². The average Bonchev–Trinajstić information content (AvgIpc) is 3.36. The summed E-state index contributed by atoms with van der Waals surface area (Å²) in [6.45, 7) is 0.421. The van der Waals surface area contributed by atoms with E-state index in [-0.39, 0.29) is 42.0 Å². The van der Waals surface area contributed by atoms with Crippen LogP contribution in [-0.4, -0.2) is 33.0 Å². The third kappa shape index (κ3) is 3.62. The molecule has 3 aromatic rings. The predicted octanol–water partition coefficient (Wildman–Crippen LogP) is 3.03. The molecule has 0 saturated heterocycles. The highest BCUT2D eigenvalue weighted by Gasteiger charge is 2.29. The lowest BCUT2D eigenvalue weighted by atomic mass is 10.1. The highest BCUT2D eigenvalue weighted by Crippen LogP contribution is 2.37. The summed E-state index contributed by atoms with van der Waals surface area (Å²) in [5.41, 5.74) is -0.268. The van der Waals surface area contributed by atoms with Crippen molar-refractivity contribution in [3.63, 3.8) is 0 Å². The van der Waals surface area contributed by atoms with Crippen molar-refractivity contribution in [2.45, 2.75) is 19.4 Å². The molecule has 2 aromatic heterocycles. The maximum Gasteiger partial charge on any atom is 0.315 e. The van der Waals surface area contributed by atoms with E-state index in [1.54, 1.807) is 6.07 Å². The van der Waals surface area contributed by atoms with Gasteiger partial charge in [0.2, 0.25) is 5.82 Å². The molecule has 11 heteroatoms. The second-order valence-corrected chi connectivity index (χ2v) is 7.30. The Morgan fingerprint density at radius 2 is 2.14 bits per heavy atom. The minimum Gasteiger partial charge on any atom is -0.403 e. The lowest BCUT2D eigenvalue weighted by Crippen LogP contribution is -2.25. The Hall–Kier alpha value is -2.79. The van der Waals surface area contributed by atoms with Crippen molar-refractivity contribution in [2.75, 3.05) is 23.8 Å². The quantitative estimate of drug-likeness (QED) is 0.511. The zero-order valence-corrected chi connectivity index (χ0v) is 16.6. The number of halogens is 3. The van der Waals surface area contributed by atoms with Crippen molar-refractivity contribution in [1.82, 2.24) is 14.8 Å². The zero-order valence-electron chi connectivity index (χ0n) is 15.0. The molecule has 1 aromatic carbocycles. The standard InChI is InChI=1S/C18H16BrF2N5O3/c19-9-3-4-11(10(20)8-9)23-15-13(16-24-25-18(29-16)22-5-7-27)12-2-1-6-26(12)17(28)14(15)21/h3-4,8,23,27H,1-2,5-7H2,(H,22,25). The molecule has 0 atom stereocenters. The van der Waals surface area contributed by atoms with E-state index < -0.39 is 17.2 Å². The Morgan fingerprint density at radius 3 is 2.90 bits per heavy atom. The van der Waals surface area contributed by atoms with Gasteiger partial charge in [0.05, 0.1) is 23.5 Å². The van der Waals surface area contributed by atoms with Crippen LogP contribution in [0.3, 0.4) is 0 Å². The van der Waals surface area contributed by atoms with Gasteiger partial charge in [0, 0.05) is 23.3 Å². The molecule has 3 N–H and O–H groups in total. The largest absolute Gasteiger partial charge is 0.403 e. The maximum absolute atomic E-state index is 15.0. The fourth-order valence-corrected chi connectivity index (χ4v) is 3.60. The summed E-state index contributed by atoms with van der Waals surface area (Å²) in [5.74, 6) is -1.70. The van der Waals surface area contributed by atoms with Crippen LogP contribution in [0.1, 0.15) is 12.1 Å². The van der Waals surface area contributed by atoms with Crippen molar-refractivity contribution >= 4 is 33.3 Å². The van der Waals surface area contributed by atoms with Crippen molar-refractivity contribution in [2.24, 2.45) is 0 Å². The number of aliphatic hydroxyl groups is 1. The number of pyridine rings is 1. The molecular weight excluding hydrogens is 452 g/mol. The Bertz CT molecular complexity index is 1130. The van der Waals surface area contributed by atoms with Gasteiger partial charge in [-0.15, -0.1) is 5.10 Å². The molecule has 1 aliphatic heterocycles. The molecule has 0 saturated carbocycles. The first-order chi connectivity index (χ1) is 14.0. The summed E-state index contributed by atoms with van der Waals surface area (Å²) < 4.78 is 36.8. The van der Waals surface area contributed by atoms with Crippen LogP contribution >= 0.6 is 15.9 Å². The topological polar surface area (TPSA) is 105 Å². The molecule has 0 radical (unpaired) electrons. The molecule has 0 aliphatic carbocycles. The minimum absolute atomic E-state index is 0.00570. The molecule has 29 heavy (non-hydrogen) atoms. The second kappa shape index (κ2) is 7.91. The Morgan fingerprint density at radius 1 is 1.31 bits per heavy atom. The first-order valence-corrected chi connectivity index (χ1v) is 9.64. The van der Waals surface area contributed by atoms with Crippen LogP contribution in [-0.2, 0) is 13.0 Å². The molecule has 0 amide bonds. The van der Waals surface area contributed by atoms with Gasteiger partial charge in [0.25, 0.3) is 11.4 Å². The van der Waals surface area contributed by atoms with E-state index >= 15 is 4.39 Å². The van der Waals surface area contributed by atoms with Crippen molar-refractivity contribution in [1.29, 1.82) is 0 Å².